The number of halogens is 1. The molecule has 6 heteroatoms. The topological polar surface area (TPSA) is 65.0 Å². The number of benzene rings is 1. The van der Waals surface area contributed by atoms with E-state index in [1.165, 1.54) is 7.11 Å². The van der Waals surface area contributed by atoms with Gasteiger partial charge < -0.3 is 19.3 Å². The van der Waals surface area contributed by atoms with Gasteiger partial charge in [0.2, 0.25) is 0 Å². The van der Waals surface area contributed by atoms with E-state index >= 15 is 0 Å². The predicted octanol–water partition coefficient (Wildman–Crippen LogP) is 2.16. The van der Waals surface area contributed by atoms with E-state index in [0.717, 1.165) is 4.47 Å². The quantitative estimate of drug-likeness (QED) is 0.848. The van der Waals surface area contributed by atoms with Crippen molar-refractivity contribution in [2.24, 2.45) is 0 Å². The number of esters is 1. The lowest BCUT2D eigenvalue weighted by Crippen LogP contribution is -2.41. The van der Waals surface area contributed by atoms with Crippen molar-refractivity contribution < 1.29 is 24.1 Å². The lowest BCUT2D eigenvalue weighted by Gasteiger charge is -2.31. The van der Waals surface area contributed by atoms with E-state index in [-0.39, 0.29) is 6.61 Å². The zero-order valence-corrected chi connectivity index (χ0v) is 12.8. The maximum atomic E-state index is 11.5. The van der Waals surface area contributed by atoms with Crippen molar-refractivity contribution in [3.63, 3.8) is 0 Å². The van der Waals surface area contributed by atoms with Crippen LogP contribution in [0, 0.1) is 0 Å². The largest absolute Gasteiger partial charge is 0.491 e. The highest BCUT2D eigenvalue weighted by molar-refractivity contribution is 9.10. The first kappa shape index (κ1) is 15.3. The van der Waals surface area contributed by atoms with E-state index < -0.39 is 11.6 Å². The molecule has 5 nitrogen and oxygen atoms in total. The molecule has 1 aliphatic rings. The average molecular weight is 345 g/mol. The lowest BCUT2D eigenvalue weighted by atomic mass is 9.96. The minimum absolute atomic E-state index is 0.174. The van der Waals surface area contributed by atoms with Crippen LogP contribution in [0.2, 0.25) is 0 Å². The minimum Gasteiger partial charge on any atom is -0.491 e. The smallest absolute Gasteiger partial charge is 0.338 e. The Kier molecular flexibility index (Phi) is 5.01. The molecule has 1 saturated heterocycles. The van der Waals surface area contributed by atoms with Crippen LogP contribution < -0.4 is 4.74 Å². The van der Waals surface area contributed by atoms with Crippen LogP contribution in [-0.2, 0) is 9.47 Å². The van der Waals surface area contributed by atoms with E-state index in [0.29, 0.717) is 37.4 Å². The van der Waals surface area contributed by atoms with Crippen LogP contribution in [0.15, 0.2) is 22.7 Å². The van der Waals surface area contributed by atoms with Gasteiger partial charge in [0.15, 0.2) is 0 Å². The molecule has 2 rings (SSSR count). The molecule has 1 aliphatic heterocycles. The van der Waals surface area contributed by atoms with Crippen molar-refractivity contribution in [1.29, 1.82) is 0 Å². The third-order valence-corrected chi connectivity index (χ3v) is 3.68. The number of aliphatic hydroxyl groups is 1. The summed E-state index contributed by atoms with van der Waals surface area (Å²) in [6, 6.07) is 5.00. The van der Waals surface area contributed by atoms with Crippen LogP contribution in [0.25, 0.3) is 0 Å². The Balaban J connectivity index is 2.05. The summed E-state index contributed by atoms with van der Waals surface area (Å²) >= 11 is 3.32. The molecule has 1 aromatic rings. The summed E-state index contributed by atoms with van der Waals surface area (Å²) in [6.45, 7) is 1.24. The third kappa shape index (κ3) is 3.94. The van der Waals surface area contributed by atoms with Crippen molar-refractivity contribution in [3.8, 4) is 5.75 Å². The van der Waals surface area contributed by atoms with E-state index in [1.54, 1.807) is 18.2 Å². The van der Waals surface area contributed by atoms with Gasteiger partial charge in [-0.25, -0.2) is 4.79 Å². The molecule has 0 atom stereocenters. The Hall–Kier alpha value is -1.11. The van der Waals surface area contributed by atoms with E-state index in [1.807, 2.05) is 0 Å². The molecule has 1 fully saturated rings. The fourth-order valence-electron chi connectivity index (χ4n) is 2.00. The second-order valence-corrected chi connectivity index (χ2v) is 5.71. The first-order chi connectivity index (χ1) is 9.52. The zero-order valence-electron chi connectivity index (χ0n) is 11.2. The van der Waals surface area contributed by atoms with Crippen molar-refractivity contribution in [3.05, 3.63) is 28.2 Å². The fraction of sp³-hybridized carbons (Fsp3) is 0.500. The molecule has 0 bridgehead atoms. The molecule has 0 unspecified atom stereocenters. The van der Waals surface area contributed by atoms with Crippen LogP contribution in [0.5, 0.6) is 5.75 Å². The van der Waals surface area contributed by atoms with Crippen molar-refractivity contribution in [2.75, 3.05) is 26.9 Å². The summed E-state index contributed by atoms with van der Waals surface area (Å²) in [6.07, 6.45) is 1.09. The SMILES string of the molecule is COC(=O)c1cc(Br)cc(OCC2(O)CCOCC2)c1. The summed E-state index contributed by atoms with van der Waals surface area (Å²) in [5, 5.41) is 10.3. The van der Waals surface area contributed by atoms with E-state index in [4.69, 9.17) is 9.47 Å². The monoisotopic (exact) mass is 344 g/mol. The van der Waals surface area contributed by atoms with Gasteiger partial charge in [-0.2, -0.15) is 0 Å². The number of hydrogen-bond acceptors (Lipinski definition) is 5. The molecule has 0 aromatic heterocycles. The number of ether oxygens (including phenoxy) is 3. The second kappa shape index (κ2) is 6.56. The van der Waals surface area contributed by atoms with Gasteiger partial charge in [0, 0.05) is 30.5 Å². The van der Waals surface area contributed by atoms with Crippen molar-refractivity contribution in [1.82, 2.24) is 0 Å². The highest BCUT2D eigenvalue weighted by atomic mass is 79.9. The van der Waals surface area contributed by atoms with Crippen LogP contribution >= 0.6 is 15.9 Å². The fourth-order valence-corrected chi connectivity index (χ4v) is 2.47. The summed E-state index contributed by atoms with van der Waals surface area (Å²) in [5.41, 5.74) is -0.470. The summed E-state index contributed by atoms with van der Waals surface area (Å²) in [7, 11) is 1.33. The molecule has 1 N–H and O–H groups in total. The lowest BCUT2D eigenvalue weighted by molar-refractivity contribution is -0.0855. The molecular weight excluding hydrogens is 328 g/mol. The Morgan fingerprint density at radius 2 is 2.10 bits per heavy atom. The maximum absolute atomic E-state index is 11.5. The first-order valence-electron chi connectivity index (χ1n) is 6.34. The van der Waals surface area contributed by atoms with E-state index in [2.05, 4.69) is 20.7 Å². The van der Waals surface area contributed by atoms with Crippen molar-refractivity contribution >= 4 is 21.9 Å². The van der Waals surface area contributed by atoms with Gasteiger partial charge in [-0.15, -0.1) is 0 Å². The van der Waals surface area contributed by atoms with Crippen LogP contribution in [0.4, 0.5) is 0 Å². The highest BCUT2D eigenvalue weighted by Gasteiger charge is 2.30. The predicted molar refractivity (Wildman–Crippen MR) is 76.0 cm³/mol. The number of hydrogen-bond donors (Lipinski definition) is 1. The summed E-state index contributed by atoms with van der Waals surface area (Å²) in [4.78, 5) is 11.5. The van der Waals surface area contributed by atoms with Gasteiger partial charge in [-0.1, -0.05) is 15.9 Å². The molecule has 0 aliphatic carbocycles. The maximum Gasteiger partial charge on any atom is 0.338 e. The van der Waals surface area contributed by atoms with Gasteiger partial charge in [0.25, 0.3) is 0 Å². The second-order valence-electron chi connectivity index (χ2n) is 4.79. The summed E-state index contributed by atoms with van der Waals surface area (Å²) < 4.78 is 16.2. The molecule has 1 heterocycles. The van der Waals surface area contributed by atoms with Crippen LogP contribution in [0.1, 0.15) is 23.2 Å². The average Bonchev–Trinajstić information content (AvgIpc) is 2.45. The van der Waals surface area contributed by atoms with Gasteiger partial charge in [-0.3, -0.25) is 0 Å². The normalized spacial score (nSPS) is 17.6. The molecular formula is C14H17BrO5. The van der Waals surface area contributed by atoms with Gasteiger partial charge in [0.05, 0.1) is 12.7 Å². The Labute approximate surface area is 126 Å². The molecule has 0 amide bonds. The Morgan fingerprint density at radius 1 is 1.40 bits per heavy atom. The minimum atomic E-state index is -0.869. The zero-order chi connectivity index (χ0) is 14.6. The standard InChI is InChI=1S/C14H17BrO5/c1-18-13(16)10-6-11(15)8-12(7-10)20-9-14(17)2-4-19-5-3-14/h6-8,17H,2-5,9H2,1H3. The van der Waals surface area contributed by atoms with Gasteiger partial charge in [0.1, 0.15) is 18.0 Å². The highest BCUT2D eigenvalue weighted by Crippen LogP contribution is 2.25. The Morgan fingerprint density at radius 3 is 2.75 bits per heavy atom. The molecule has 0 spiro atoms. The number of carbonyl (C=O) groups excluding carboxylic acids is 1. The third-order valence-electron chi connectivity index (χ3n) is 3.22. The first-order valence-corrected chi connectivity index (χ1v) is 7.13. The van der Waals surface area contributed by atoms with Crippen LogP contribution in [-0.4, -0.2) is 43.6 Å². The number of rotatable bonds is 4. The number of methoxy groups -OCH3 is 1. The molecule has 0 radical (unpaired) electrons. The Bertz CT molecular complexity index is 482. The molecule has 110 valence electrons. The number of carbonyl (C=O) groups is 1. The van der Waals surface area contributed by atoms with Gasteiger partial charge in [-0.05, 0) is 18.2 Å². The van der Waals surface area contributed by atoms with Crippen LogP contribution in [0.3, 0.4) is 0 Å². The molecule has 1 aromatic carbocycles. The molecule has 0 saturated carbocycles. The van der Waals surface area contributed by atoms with Gasteiger partial charge >= 0.3 is 5.97 Å². The summed E-state index contributed by atoms with van der Waals surface area (Å²) in [5.74, 6) is 0.0839. The van der Waals surface area contributed by atoms with E-state index in [9.17, 15) is 9.90 Å². The van der Waals surface area contributed by atoms with Crippen molar-refractivity contribution in [2.45, 2.75) is 18.4 Å². The molecule has 20 heavy (non-hydrogen) atoms.